The van der Waals surface area contributed by atoms with Crippen molar-refractivity contribution in [2.75, 3.05) is 11.9 Å². The molecule has 5 nitrogen and oxygen atoms in total. The van der Waals surface area contributed by atoms with Crippen LogP contribution in [0.1, 0.15) is 37.5 Å². The Morgan fingerprint density at radius 2 is 2.17 bits per heavy atom. The third kappa shape index (κ3) is 3.67. The molecule has 1 N–H and O–H groups in total. The molecule has 0 aliphatic carbocycles. The summed E-state index contributed by atoms with van der Waals surface area (Å²) in [5.74, 6) is 0.691. The fourth-order valence-electron chi connectivity index (χ4n) is 2.91. The molecule has 1 aromatic heterocycles. The zero-order valence-corrected chi connectivity index (χ0v) is 14.0. The van der Waals surface area contributed by atoms with Gasteiger partial charge in [-0.2, -0.15) is 0 Å². The van der Waals surface area contributed by atoms with Gasteiger partial charge >= 0.3 is 0 Å². The van der Waals surface area contributed by atoms with Gasteiger partial charge in [-0.15, -0.1) is 0 Å². The summed E-state index contributed by atoms with van der Waals surface area (Å²) in [6.07, 6.45) is 1.83. The van der Waals surface area contributed by atoms with Crippen LogP contribution < -0.4 is 5.32 Å². The molecule has 3 rings (SSSR count). The molecule has 1 aliphatic rings. The highest BCUT2D eigenvalue weighted by Crippen LogP contribution is 2.23. The third-order valence-electron chi connectivity index (χ3n) is 4.33. The fourth-order valence-corrected chi connectivity index (χ4v) is 2.91. The van der Waals surface area contributed by atoms with Gasteiger partial charge in [0, 0.05) is 18.7 Å². The van der Waals surface area contributed by atoms with E-state index in [0.29, 0.717) is 19.0 Å². The minimum absolute atomic E-state index is 0.0116. The van der Waals surface area contributed by atoms with E-state index < -0.39 is 0 Å². The lowest BCUT2D eigenvalue weighted by atomic mass is 10.0. The van der Waals surface area contributed by atoms with Crippen molar-refractivity contribution in [3.8, 4) is 0 Å². The molecular formula is C19H22N2O3. The Kier molecular flexibility index (Phi) is 4.69. The normalized spacial score (nSPS) is 17.5. The molecule has 1 unspecified atom stereocenters. The average molecular weight is 326 g/mol. The van der Waals surface area contributed by atoms with Crippen LogP contribution in [0.4, 0.5) is 5.69 Å². The number of likely N-dealkylation sites (tertiary alicyclic amines) is 1. The van der Waals surface area contributed by atoms with Gasteiger partial charge in [-0.3, -0.25) is 9.59 Å². The highest BCUT2D eigenvalue weighted by atomic mass is 16.3. The Labute approximate surface area is 141 Å². The van der Waals surface area contributed by atoms with Crippen LogP contribution in [0.3, 0.4) is 0 Å². The van der Waals surface area contributed by atoms with Crippen molar-refractivity contribution in [2.24, 2.45) is 5.92 Å². The van der Waals surface area contributed by atoms with Crippen LogP contribution in [0.25, 0.3) is 0 Å². The molecule has 0 spiro atoms. The smallest absolute Gasteiger partial charge is 0.229 e. The highest BCUT2D eigenvalue weighted by Gasteiger charge is 2.34. The first-order valence-corrected chi connectivity index (χ1v) is 8.24. The van der Waals surface area contributed by atoms with Gasteiger partial charge in [-0.05, 0) is 35.7 Å². The molecule has 2 heterocycles. The zero-order valence-electron chi connectivity index (χ0n) is 14.0. The number of nitrogens with one attached hydrogen (secondary N) is 1. The van der Waals surface area contributed by atoms with Gasteiger partial charge in [0.05, 0.1) is 18.7 Å². The predicted octanol–water partition coefficient (Wildman–Crippen LogP) is 3.39. The van der Waals surface area contributed by atoms with Crippen LogP contribution in [0.15, 0.2) is 47.1 Å². The largest absolute Gasteiger partial charge is 0.467 e. The summed E-state index contributed by atoms with van der Waals surface area (Å²) in [6.45, 7) is 5.07. The summed E-state index contributed by atoms with van der Waals surface area (Å²) in [7, 11) is 0. The van der Waals surface area contributed by atoms with Crippen LogP contribution in [0.2, 0.25) is 0 Å². The van der Waals surface area contributed by atoms with Gasteiger partial charge in [-0.25, -0.2) is 0 Å². The van der Waals surface area contributed by atoms with Gasteiger partial charge in [-0.1, -0.05) is 26.0 Å². The molecule has 1 saturated heterocycles. The number of hydrogen-bond donors (Lipinski definition) is 1. The van der Waals surface area contributed by atoms with E-state index in [4.69, 9.17) is 4.42 Å². The Balaban J connectivity index is 1.61. The van der Waals surface area contributed by atoms with Crippen LogP contribution in [0, 0.1) is 5.92 Å². The van der Waals surface area contributed by atoms with Crippen LogP contribution in [0.5, 0.6) is 0 Å². The van der Waals surface area contributed by atoms with Crippen LogP contribution in [-0.2, 0) is 16.1 Å². The third-order valence-corrected chi connectivity index (χ3v) is 4.33. The van der Waals surface area contributed by atoms with E-state index in [9.17, 15) is 9.59 Å². The molecule has 1 atom stereocenters. The molecule has 126 valence electrons. The van der Waals surface area contributed by atoms with Crippen molar-refractivity contribution < 1.29 is 14.0 Å². The van der Waals surface area contributed by atoms with E-state index in [1.54, 1.807) is 17.2 Å². The lowest BCUT2D eigenvalue weighted by Gasteiger charge is -2.15. The summed E-state index contributed by atoms with van der Waals surface area (Å²) >= 11 is 0. The second-order valence-corrected chi connectivity index (χ2v) is 6.52. The first-order valence-electron chi connectivity index (χ1n) is 8.24. The molecule has 5 heteroatoms. The van der Waals surface area contributed by atoms with E-state index in [-0.39, 0.29) is 24.2 Å². The molecule has 1 aliphatic heterocycles. The first-order chi connectivity index (χ1) is 11.5. The average Bonchev–Trinajstić information content (AvgIpc) is 3.18. The molecule has 0 saturated carbocycles. The monoisotopic (exact) mass is 326 g/mol. The Morgan fingerprint density at radius 1 is 1.33 bits per heavy atom. The van der Waals surface area contributed by atoms with Gasteiger partial charge in [0.2, 0.25) is 11.8 Å². The molecule has 0 bridgehead atoms. The van der Waals surface area contributed by atoms with Crippen LogP contribution in [-0.4, -0.2) is 23.3 Å². The minimum Gasteiger partial charge on any atom is -0.467 e. The van der Waals surface area contributed by atoms with Gasteiger partial charge in [0.25, 0.3) is 0 Å². The second-order valence-electron chi connectivity index (χ2n) is 6.52. The number of carbonyl (C=O) groups excluding carboxylic acids is 2. The Hall–Kier alpha value is -2.56. The van der Waals surface area contributed by atoms with Crippen molar-refractivity contribution in [3.05, 3.63) is 54.0 Å². The lowest BCUT2D eigenvalue weighted by molar-refractivity contribution is -0.128. The van der Waals surface area contributed by atoms with Crippen molar-refractivity contribution in [2.45, 2.75) is 32.7 Å². The number of furan rings is 1. The zero-order chi connectivity index (χ0) is 17.1. The van der Waals surface area contributed by atoms with Crippen molar-refractivity contribution in [1.82, 2.24) is 4.90 Å². The van der Waals surface area contributed by atoms with E-state index >= 15 is 0 Å². The number of benzene rings is 1. The molecule has 0 radical (unpaired) electrons. The molecule has 24 heavy (non-hydrogen) atoms. The maximum absolute atomic E-state index is 12.5. The quantitative estimate of drug-likeness (QED) is 0.916. The van der Waals surface area contributed by atoms with Crippen molar-refractivity contribution >= 4 is 17.5 Å². The van der Waals surface area contributed by atoms with E-state index in [1.807, 2.05) is 30.3 Å². The number of carbonyl (C=O) groups is 2. The van der Waals surface area contributed by atoms with Gasteiger partial charge in [0.1, 0.15) is 5.76 Å². The molecule has 2 aromatic rings. The fraction of sp³-hybridized carbons (Fsp3) is 0.368. The number of nitrogens with zero attached hydrogens (tertiary/aromatic N) is 1. The number of anilines is 1. The molecule has 1 fully saturated rings. The number of hydrogen-bond acceptors (Lipinski definition) is 3. The second kappa shape index (κ2) is 6.91. The van der Waals surface area contributed by atoms with Gasteiger partial charge < -0.3 is 14.6 Å². The van der Waals surface area contributed by atoms with E-state index in [1.165, 1.54) is 5.56 Å². The minimum atomic E-state index is -0.324. The Bertz CT molecular complexity index is 722. The Morgan fingerprint density at radius 3 is 2.88 bits per heavy atom. The molecular weight excluding hydrogens is 304 g/mol. The van der Waals surface area contributed by atoms with Gasteiger partial charge in [0.15, 0.2) is 0 Å². The summed E-state index contributed by atoms with van der Waals surface area (Å²) in [5, 5.41) is 2.94. The van der Waals surface area contributed by atoms with E-state index in [0.717, 1.165) is 11.4 Å². The highest BCUT2D eigenvalue weighted by molar-refractivity contribution is 5.97. The van der Waals surface area contributed by atoms with E-state index in [2.05, 4.69) is 19.2 Å². The number of amides is 2. The standard InChI is InChI=1S/C19H22N2O3/c1-13(2)14-5-3-6-16(9-14)20-19(23)15-10-18(22)21(11-15)12-17-7-4-8-24-17/h3-9,13,15H,10-12H2,1-2H3,(H,20,23). The van der Waals surface area contributed by atoms with Crippen LogP contribution >= 0.6 is 0 Å². The van der Waals surface area contributed by atoms with Crippen molar-refractivity contribution in [3.63, 3.8) is 0 Å². The summed E-state index contributed by atoms with van der Waals surface area (Å²) < 4.78 is 5.28. The first kappa shape index (κ1) is 16.3. The number of rotatable bonds is 5. The predicted molar refractivity (Wildman–Crippen MR) is 91.4 cm³/mol. The lowest BCUT2D eigenvalue weighted by Crippen LogP contribution is -2.27. The molecule has 1 aromatic carbocycles. The summed E-state index contributed by atoms with van der Waals surface area (Å²) in [4.78, 5) is 26.3. The van der Waals surface area contributed by atoms with Crippen molar-refractivity contribution in [1.29, 1.82) is 0 Å². The maximum Gasteiger partial charge on any atom is 0.229 e. The topological polar surface area (TPSA) is 62.6 Å². The maximum atomic E-state index is 12.5. The SMILES string of the molecule is CC(C)c1cccc(NC(=O)C2CC(=O)N(Cc3ccco3)C2)c1. The molecule has 2 amide bonds. The summed E-state index contributed by atoms with van der Waals surface area (Å²) in [6, 6.07) is 11.5. The summed E-state index contributed by atoms with van der Waals surface area (Å²) in [5.41, 5.74) is 1.96.